The van der Waals surface area contributed by atoms with E-state index in [1.54, 1.807) is 12.1 Å². The van der Waals surface area contributed by atoms with E-state index in [4.69, 9.17) is 5.11 Å². The van der Waals surface area contributed by atoms with Crippen molar-refractivity contribution in [3.05, 3.63) is 29.3 Å². The van der Waals surface area contributed by atoms with E-state index < -0.39 is 35.6 Å². The smallest absolute Gasteiger partial charge is 0.303 e. The molecule has 168 valence electrons. The first-order chi connectivity index (χ1) is 15.3. The van der Waals surface area contributed by atoms with E-state index in [-0.39, 0.29) is 24.7 Å². The van der Waals surface area contributed by atoms with Crippen molar-refractivity contribution in [2.24, 2.45) is 5.41 Å². The Balaban J connectivity index is 1.27. The van der Waals surface area contributed by atoms with E-state index in [9.17, 15) is 24.0 Å². The lowest BCUT2D eigenvalue weighted by molar-refractivity contribution is -0.138. The van der Waals surface area contributed by atoms with Gasteiger partial charge in [0.2, 0.25) is 11.8 Å². The van der Waals surface area contributed by atoms with Gasteiger partial charge in [0.05, 0.1) is 16.8 Å². The lowest BCUT2D eigenvalue weighted by Crippen LogP contribution is -2.72. The number of benzene rings is 1. The molecule has 4 aliphatic rings. The fraction of sp³-hybridized carbons (Fsp3) is 0.500. The highest BCUT2D eigenvalue weighted by Crippen LogP contribution is 2.44. The molecular weight excluding hydrogens is 416 g/mol. The lowest BCUT2D eigenvalue weighted by atomic mass is 9.72. The molecule has 4 aliphatic heterocycles. The summed E-state index contributed by atoms with van der Waals surface area (Å²) in [6, 6.07) is 4.21. The van der Waals surface area contributed by atoms with Crippen LogP contribution in [0.1, 0.15) is 46.4 Å². The van der Waals surface area contributed by atoms with Crippen LogP contribution < -0.4 is 10.2 Å². The predicted octanol–water partition coefficient (Wildman–Crippen LogP) is 0.0746. The number of carbonyl (C=O) groups excluding carboxylic acids is 4. The first kappa shape index (κ1) is 20.6. The monoisotopic (exact) mass is 440 g/mol. The average Bonchev–Trinajstić information content (AvgIpc) is 2.93. The summed E-state index contributed by atoms with van der Waals surface area (Å²) < 4.78 is 0. The van der Waals surface area contributed by atoms with Crippen molar-refractivity contribution in [3.8, 4) is 0 Å². The molecule has 1 aromatic rings. The number of aliphatic carboxylic acids is 1. The normalized spacial score (nSPS) is 24.3. The Bertz CT molecular complexity index is 1040. The van der Waals surface area contributed by atoms with E-state index >= 15 is 0 Å². The highest BCUT2D eigenvalue weighted by atomic mass is 16.4. The Morgan fingerprint density at radius 3 is 2.53 bits per heavy atom. The Morgan fingerprint density at radius 2 is 1.84 bits per heavy atom. The van der Waals surface area contributed by atoms with Crippen molar-refractivity contribution < 1.29 is 29.1 Å². The largest absolute Gasteiger partial charge is 0.481 e. The van der Waals surface area contributed by atoms with Crippen molar-refractivity contribution in [2.75, 3.05) is 37.6 Å². The number of amides is 4. The summed E-state index contributed by atoms with van der Waals surface area (Å²) in [4.78, 5) is 65.9. The molecule has 4 amide bonds. The van der Waals surface area contributed by atoms with Crippen LogP contribution in [0, 0.1) is 5.41 Å². The number of imide groups is 2. The van der Waals surface area contributed by atoms with Crippen molar-refractivity contribution in [1.29, 1.82) is 0 Å². The summed E-state index contributed by atoms with van der Waals surface area (Å²) in [5.74, 6) is -2.77. The van der Waals surface area contributed by atoms with Crippen molar-refractivity contribution in [3.63, 3.8) is 0 Å². The molecular formula is C22H24N4O6. The van der Waals surface area contributed by atoms with Crippen molar-refractivity contribution >= 4 is 35.3 Å². The number of likely N-dealkylation sites (tertiary alicyclic amines) is 1. The molecule has 0 bridgehead atoms. The summed E-state index contributed by atoms with van der Waals surface area (Å²) in [5, 5.41) is 11.0. The third-order valence-electron chi connectivity index (χ3n) is 6.82. The molecule has 0 saturated carbocycles. The van der Waals surface area contributed by atoms with Gasteiger partial charge in [-0.3, -0.25) is 34.2 Å². The van der Waals surface area contributed by atoms with Gasteiger partial charge in [0.15, 0.2) is 0 Å². The van der Waals surface area contributed by atoms with Crippen LogP contribution in [0.2, 0.25) is 0 Å². The molecule has 5 rings (SSSR count). The Labute approximate surface area is 184 Å². The highest BCUT2D eigenvalue weighted by molar-refractivity contribution is 6.25. The summed E-state index contributed by atoms with van der Waals surface area (Å²) >= 11 is 0. The van der Waals surface area contributed by atoms with Crippen molar-refractivity contribution in [2.45, 2.75) is 31.7 Å². The van der Waals surface area contributed by atoms with E-state index in [2.05, 4.69) is 15.1 Å². The molecule has 0 aromatic heterocycles. The summed E-state index contributed by atoms with van der Waals surface area (Å²) in [6.07, 6.45) is 1.03. The maximum atomic E-state index is 13.2. The summed E-state index contributed by atoms with van der Waals surface area (Å²) in [7, 11) is 0. The standard InChI is InChI=1S/C22H24N4O6/c27-16-7-6-15(19(30)23-16)26-20(31)13-3-1-4-14(18(13)21(26)32)25-11-22(12-25)9-24(10-22)8-2-5-17(28)29/h1,3-4,15H,2,5-12H2,(H,28,29)(H,23,27,30). The molecule has 3 saturated heterocycles. The third kappa shape index (κ3) is 3.26. The second-order valence-corrected chi connectivity index (χ2v) is 9.21. The molecule has 10 nitrogen and oxygen atoms in total. The van der Waals surface area contributed by atoms with E-state index in [1.807, 2.05) is 6.07 Å². The average molecular weight is 440 g/mol. The number of nitrogens with one attached hydrogen (secondary N) is 1. The van der Waals surface area contributed by atoms with Crippen LogP contribution in [0.15, 0.2) is 18.2 Å². The van der Waals surface area contributed by atoms with Gasteiger partial charge < -0.3 is 14.9 Å². The lowest BCUT2D eigenvalue weighted by Gasteiger charge is -2.61. The summed E-state index contributed by atoms with van der Waals surface area (Å²) in [6.45, 7) is 4.08. The minimum Gasteiger partial charge on any atom is -0.481 e. The third-order valence-corrected chi connectivity index (χ3v) is 6.82. The number of piperidine rings is 1. The van der Waals surface area contributed by atoms with E-state index in [1.165, 1.54) is 0 Å². The van der Waals surface area contributed by atoms with Crippen LogP contribution in [0.3, 0.4) is 0 Å². The zero-order chi connectivity index (χ0) is 22.6. The topological polar surface area (TPSA) is 127 Å². The van der Waals surface area contributed by atoms with Gasteiger partial charge in [-0.25, -0.2) is 0 Å². The number of hydrogen-bond acceptors (Lipinski definition) is 7. The summed E-state index contributed by atoms with van der Waals surface area (Å²) in [5.41, 5.74) is 1.46. The second kappa shape index (κ2) is 7.40. The Morgan fingerprint density at radius 1 is 1.09 bits per heavy atom. The fourth-order valence-electron chi connectivity index (χ4n) is 5.41. The van der Waals surface area contributed by atoms with Gasteiger partial charge in [-0.05, 0) is 31.5 Å². The number of rotatable bonds is 6. The van der Waals surface area contributed by atoms with Gasteiger partial charge in [-0.15, -0.1) is 0 Å². The molecule has 0 radical (unpaired) electrons. The zero-order valence-electron chi connectivity index (χ0n) is 17.5. The molecule has 32 heavy (non-hydrogen) atoms. The van der Waals surface area contributed by atoms with Crippen LogP contribution in [0.4, 0.5) is 5.69 Å². The molecule has 1 unspecified atom stereocenters. The number of hydrogen-bond donors (Lipinski definition) is 2. The number of anilines is 1. The molecule has 1 aromatic carbocycles. The molecule has 10 heteroatoms. The Kier molecular flexibility index (Phi) is 4.77. The van der Waals surface area contributed by atoms with Gasteiger partial charge in [0.1, 0.15) is 6.04 Å². The minimum atomic E-state index is -0.971. The number of nitrogens with zero attached hydrogens (tertiary/aromatic N) is 3. The van der Waals surface area contributed by atoms with Crippen LogP contribution in [-0.4, -0.2) is 83.3 Å². The molecule has 2 N–H and O–H groups in total. The van der Waals surface area contributed by atoms with Crippen LogP contribution in [0.25, 0.3) is 0 Å². The zero-order valence-corrected chi connectivity index (χ0v) is 17.5. The highest BCUT2D eigenvalue weighted by Gasteiger charge is 2.53. The van der Waals surface area contributed by atoms with Crippen LogP contribution in [0.5, 0.6) is 0 Å². The van der Waals surface area contributed by atoms with Crippen LogP contribution in [-0.2, 0) is 14.4 Å². The van der Waals surface area contributed by atoms with Gasteiger partial charge in [0.25, 0.3) is 11.8 Å². The number of fused-ring (bicyclic) bond motifs is 1. The van der Waals surface area contributed by atoms with E-state index in [0.717, 1.165) is 37.6 Å². The van der Waals surface area contributed by atoms with Crippen LogP contribution >= 0.6 is 0 Å². The Hall–Kier alpha value is -3.27. The molecule has 0 aliphatic carbocycles. The van der Waals surface area contributed by atoms with Crippen molar-refractivity contribution in [1.82, 2.24) is 15.1 Å². The molecule has 1 spiro atoms. The SMILES string of the molecule is O=C(O)CCCN1CC2(C1)CN(c1cccc3c1C(=O)N(C1CCC(=O)NC1=O)C3=O)C2. The maximum absolute atomic E-state index is 13.2. The maximum Gasteiger partial charge on any atom is 0.303 e. The minimum absolute atomic E-state index is 0.0915. The molecule has 1 atom stereocenters. The fourth-order valence-corrected chi connectivity index (χ4v) is 5.41. The number of carboxylic acid groups (broad SMARTS) is 1. The molecule has 4 heterocycles. The van der Waals surface area contributed by atoms with Gasteiger partial charge >= 0.3 is 5.97 Å². The quantitative estimate of drug-likeness (QED) is 0.595. The molecule has 3 fully saturated rings. The van der Waals surface area contributed by atoms with Gasteiger partial charge in [-0.1, -0.05) is 6.07 Å². The second-order valence-electron chi connectivity index (χ2n) is 9.21. The van der Waals surface area contributed by atoms with Gasteiger partial charge in [-0.2, -0.15) is 0 Å². The first-order valence-electron chi connectivity index (χ1n) is 10.8. The predicted molar refractivity (Wildman–Crippen MR) is 111 cm³/mol. The first-order valence-corrected chi connectivity index (χ1v) is 10.8. The van der Waals surface area contributed by atoms with E-state index in [0.29, 0.717) is 23.2 Å². The number of carboxylic acids is 1. The van der Waals surface area contributed by atoms with Gasteiger partial charge in [0, 0.05) is 44.4 Å². The number of carbonyl (C=O) groups is 5.